The zero-order valence-corrected chi connectivity index (χ0v) is 15.8. The Hall–Kier alpha value is -1.83. The van der Waals surface area contributed by atoms with E-state index in [1.54, 1.807) is 6.07 Å². The van der Waals surface area contributed by atoms with Crippen molar-refractivity contribution in [3.8, 4) is 0 Å². The third-order valence-electron chi connectivity index (χ3n) is 5.82. The molecule has 150 valence electrons. The van der Waals surface area contributed by atoms with Crippen LogP contribution >= 0.6 is 0 Å². The number of ether oxygens (including phenoxy) is 2. The second kappa shape index (κ2) is 7.54. The Bertz CT molecular complexity index is 853. The molecule has 1 saturated heterocycles. The van der Waals surface area contributed by atoms with Gasteiger partial charge in [-0.25, -0.2) is 4.39 Å². The lowest BCUT2D eigenvalue weighted by Gasteiger charge is -2.38. The van der Waals surface area contributed by atoms with Crippen molar-refractivity contribution in [3.63, 3.8) is 0 Å². The van der Waals surface area contributed by atoms with E-state index in [-0.39, 0.29) is 18.8 Å². The Balaban J connectivity index is 1.67. The van der Waals surface area contributed by atoms with Gasteiger partial charge in [-0.2, -0.15) is 0 Å². The zero-order chi connectivity index (χ0) is 19.9. The Labute approximate surface area is 163 Å². The van der Waals surface area contributed by atoms with E-state index in [0.717, 1.165) is 12.0 Å². The van der Waals surface area contributed by atoms with Crippen LogP contribution in [0.3, 0.4) is 0 Å². The lowest BCUT2D eigenvalue weighted by Crippen LogP contribution is -2.57. The van der Waals surface area contributed by atoms with E-state index in [2.05, 4.69) is 11.7 Å². The first-order valence-corrected chi connectivity index (χ1v) is 9.68. The number of hydrogen-bond acceptors (Lipinski definition) is 4. The normalized spacial score (nSPS) is 29.2. The summed E-state index contributed by atoms with van der Waals surface area (Å²) in [6.07, 6.45) is -1.59. The topological polar surface area (TPSA) is 82.7 Å². The summed E-state index contributed by atoms with van der Waals surface area (Å²) in [5.74, 6) is -1.45. The summed E-state index contributed by atoms with van der Waals surface area (Å²) in [6.45, 7) is 1.88. The van der Waals surface area contributed by atoms with E-state index < -0.39 is 30.7 Å². The summed E-state index contributed by atoms with van der Waals surface area (Å²) >= 11 is 0. The van der Waals surface area contributed by atoms with Gasteiger partial charge in [-0.15, -0.1) is 0 Å². The van der Waals surface area contributed by atoms with E-state index in [1.807, 2.05) is 24.3 Å². The molecule has 2 aromatic rings. The van der Waals surface area contributed by atoms with Gasteiger partial charge < -0.3 is 24.8 Å². The van der Waals surface area contributed by atoms with Gasteiger partial charge in [0.25, 0.3) is 0 Å². The van der Waals surface area contributed by atoms with Gasteiger partial charge in [-0.3, -0.25) is 0 Å². The number of aryl methyl sites for hydroxylation is 1. The van der Waals surface area contributed by atoms with Crippen molar-refractivity contribution >= 4 is 0 Å². The second-order valence-corrected chi connectivity index (χ2v) is 7.66. The molecule has 1 spiro atoms. The Morgan fingerprint density at radius 1 is 1.18 bits per heavy atom. The van der Waals surface area contributed by atoms with Crippen LogP contribution in [0.4, 0.5) is 4.39 Å². The maximum atomic E-state index is 14.7. The molecule has 1 fully saturated rings. The summed E-state index contributed by atoms with van der Waals surface area (Å²) < 4.78 is 25.1. The largest absolute Gasteiger partial charge is 0.398 e. The highest BCUT2D eigenvalue weighted by atomic mass is 19.1. The van der Waals surface area contributed by atoms with Crippen molar-refractivity contribution in [2.75, 3.05) is 6.61 Å². The Morgan fingerprint density at radius 3 is 2.57 bits per heavy atom. The van der Waals surface area contributed by atoms with Crippen LogP contribution in [0.5, 0.6) is 0 Å². The fraction of sp³-hybridized carbons (Fsp3) is 0.455. The van der Waals surface area contributed by atoms with Crippen molar-refractivity contribution in [2.24, 2.45) is 0 Å². The molecule has 2 aromatic carbocycles. The van der Waals surface area contributed by atoms with Crippen LogP contribution in [0.25, 0.3) is 0 Å². The van der Waals surface area contributed by atoms with Crippen LogP contribution in [0.2, 0.25) is 0 Å². The third-order valence-corrected chi connectivity index (χ3v) is 5.82. The molecule has 0 aliphatic carbocycles. The van der Waals surface area contributed by atoms with Crippen molar-refractivity contribution in [2.45, 2.75) is 56.9 Å². The molecule has 2 heterocycles. The molecule has 4 rings (SSSR count). The number of rotatable bonds is 4. The minimum Gasteiger partial charge on any atom is -0.398 e. The van der Waals surface area contributed by atoms with Crippen molar-refractivity contribution in [1.82, 2.24) is 0 Å². The number of halogens is 1. The van der Waals surface area contributed by atoms with Crippen LogP contribution in [0.15, 0.2) is 36.4 Å². The average Bonchev–Trinajstić information content (AvgIpc) is 3.02. The molecule has 0 aromatic heterocycles. The monoisotopic (exact) mass is 389 g/mol. The lowest BCUT2D eigenvalue weighted by molar-refractivity contribution is -0.406. The van der Waals surface area contributed by atoms with Gasteiger partial charge in [0.2, 0.25) is 6.10 Å². The Kier molecular flexibility index (Phi) is 5.24. The predicted octanol–water partition coefficient (Wildman–Crippen LogP) is 1.68. The predicted molar refractivity (Wildman–Crippen MR) is 101 cm³/mol. The van der Waals surface area contributed by atoms with Crippen LogP contribution in [0.1, 0.15) is 41.2 Å². The summed E-state index contributed by atoms with van der Waals surface area (Å²) in [6, 6.07) is 11.3. The smallest absolute Gasteiger partial charge is 0.305 e. The van der Waals surface area contributed by atoms with E-state index in [1.165, 1.54) is 11.6 Å². The fourth-order valence-corrected chi connectivity index (χ4v) is 4.15. The van der Waals surface area contributed by atoms with Crippen molar-refractivity contribution in [1.29, 1.82) is 0 Å². The van der Waals surface area contributed by atoms with E-state index >= 15 is 0 Å². The van der Waals surface area contributed by atoms with Gasteiger partial charge in [0.15, 0.2) is 6.10 Å². The summed E-state index contributed by atoms with van der Waals surface area (Å²) in [4.78, 5) is 0. The SMILES string of the molecule is CCc1ccc(Cc2cc3c(cc2F)CO[C@@]32C[C@@H](O)[C@H](O)C(CO)[OH+]2)cc1. The number of fused-ring (bicyclic) bond motifs is 2. The molecule has 1 unspecified atom stereocenters. The van der Waals surface area contributed by atoms with Gasteiger partial charge in [-0.1, -0.05) is 31.2 Å². The lowest BCUT2D eigenvalue weighted by atomic mass is 9.88. The van der Waals surface area contributed by atoms with Gasteiger partial charge in [0.05, 0.1) is 24.7 Å². The summed E-state index contributed by atoms with van der Waals surface area (Å²) in [5.41, 5.74) is 4.16. The molecule has 0 bridgehead atoms. The fourth-order valence-electron chi connectivity index (χ4n) is 4.15. The van der Waals surface area contributed by atoms with Crippen LogP contribution in [-0.4, -0.2) is 45.0 Å². The molecule has 0 saturated carbocycles. The first kappa shape index (κ1) is 19.5. The average molecular weight is 389 g/mol. The Morgan fingerprint density at radius 2 is 1.89 bits per heavy atom. The standard InChI is InChI=1S/C22H25FO5/c1-2-13-3-5-14(6-4-13)7-15-8-17-16(9-18(15)23)12-27-22(17)10-19(25)21(26)20(11-24)28-22/h3-6,8-9,19-21,24-26H,2,7,10-12H2,1H3/p+1/t19-,20?,21+,22-/m1/s1. The maximum Gasteiger partial charge on any atom is 0.305 e. The minimum absolute atomic E-state index is 0.0773. The highest BCUT2D eigenvalue weighted by Gasteiger charge is 2.56. The molecule has 2 aliphatic rings. The second-order valence-electron chi connectivity index (χ2n) is 7.66. The molecule has 0 radical (unpaired) electrons. The molecule has 28 heavy (non-hydrogen) atoms. The molecule has 2 aliphatic heterocycles. The summed E-state index contributed by atoms with van der Waals surface area (Å²) in [5, 5.41) is 29.8. The van der Waals surface area contributed by atoms with Gasteiger partial charge in [-0.05, 0) is 40.8 Å². The highest BCUT2D eigenvalue weighted by Crippen LogP contribution is 2.44. The molecule has 6 heteroatoms. The number of hydrogen-bond donors (Lipinski definition) is 3. The highest BCUT2D eigenvalue weighted by molar-refractivity contribution is 5.41. The van der Waals surface area contributed by atoms with E-state index in [4.69, 9.17) is 4.74 Å². The third kappa shape index (κ3) is 3.36. The molecular weight excluding hydrogens is 363 g/mol. The molecule has 4 atom stereocenters. The zero-order valence-electron chi connectivity index (χ0n) is 15.8. The minimum atomic E-state index is -1.16. The van der Waals surface area contributed by atoms with Crippen molar-refractivity contribution in [3.05, 3.63) is 70.0 Å². The number of aliphatic hydroxyl groups is 5. The van der Waals surface area contributed by atoms with Crippen LogP contribution in [-0.2, 0) is 30.0 Å². The van der Waals surface area contributed by atoms with Crippen LogP contribution in [0, 0.1) is 5.82 Å². The van der Waals surface area contributed by atoms with E-state index in [0.29, 0.717) is 23.1 Å². The number of benzene rings is 2. The maximum absolute atomic E-state index is 14.7. The van der Waals surface area contributed by atoms with E-state index in [9.17, 15) is 19.7 Å². The molecule has 0 amide bonds. The van der Waals surface area contributed by atoms with Gasteiger partial charge in [0, 0.05) is 6.42 Å². The van der Waals surface area contributed by atoms with Crippen LogP contribution < -0.4 is 0 Å². The molecular formula is C22H26FO5+. The first-order chi connectivity index (χ1) is 13.5. The van der Waals surface area contributed by atoms with Crippen molar-refractivity contribution < 1.29 is 29.2 Å². The quantitative estimate of drug-likeness (QED) is 0.695. The summed E-state index contributed by atoms with van der Waals surface area (Å²) in [7, 11) is 0. The van der Waals surface area contributed by atoms with Gasteiger partial charge in [0.1, 0.15) is 12.4 Å². The number of aliphatic hydroxyl groups excluding tert-OH is 3. The molecule has 4 N–H and O–H groups in total. The molecule has 5 nitrogen and oxygen atoms in total. The van der Waals surface area contributed by atoms with Gasteiger partial charge >= 0.3 is 5.79 Å². The first-order valence-electron chi connectivity index (χ1n) is 9.68.